The van der Waals surface area contributed by atoms with Gasteiger partial charge >= 0.3 is 0 Å². The van der Waals surface area contributed by atoms with Crippen molar-refractivity contribution < 1.29 is 28.1 Å². The second-order valence-corrected chi connectivity index (χ2v) is 6.84. The number of aromatic hydroxyl groups is 2. The molecule has 160 valence electrons. The zero-order valence-corrected chi connectivity index (χ0v) is 16.5. The molecule has 0 amide bonds. The van der Waals surface area contributed by atoms with Crippen LogP contribution in [0, 0.1) is 24.4 Å². The minimum absolute atomic E-state index is 0.121. The number of hydrogen-bond donors (Lipinski definition) is 3. The van der Waals surface area contributed by atoms with Gasteiger partial charge in [0.25, 0.3) is 0 Å². The normalized spacial score (nSPS) is 11.7. The Bertz CT molecular complexity index is 1100. The van der Waals surface area contributed by atoms with Crippen LogP contribution in [0.5, 0.6) is 17.2 Å². The van der Waals surface area contributed by atoms with E-state index >= 15 is 0 Å². The van der Waals surface area contributed by atoms with Gasteiger partial charge < -0.3 is 25.3 Å². The van der Waals surface area contributed by atoms with E-state index in [4.69, 9.17) is 10.5 Å². The third-order valence-electron chi connectivity index (χ3n) is 4.90. The highest BCUT2D eigenvalue weighted by molar-refractivity contribution is 5.99. The summed E-state index contributed by atoms with van der Waals surface area (Å²) in [7, 11) is 1.67. The second-order valence-electron chi connectivity index (χ2n) is 6.84. The standard InChI is InChI=1S/C21H22F3N3O3/c1-11-13(10-30-21-14(23)7-12(22)8-15(21)24)18-19(27(11)2)17(28)9-16(20(18)29)26-6-4-3-5-25/h6-9,28-29H,3-5,10,25H2,1-2H3. The second kappa shape index (κ2) is 8.66. The number of halogens is 3. The van der Waals surface area contributed by atoms with Crippen LogP contribution < -0.4 is 10.5 Å². The summed E-state index contributed by atoms with van der Waals surface area (Å²) in [5.41, 5.74) is 6.91. The lowest BCUT2D eigenvalue weighted by molar-refractivity contribution is 0.272. The number of phenols is 2. The molecule has 0 saturated carbocycles. The number of ether oxygens (including phenoxy) is 1. The van der Waals surface area contributed by atoms with Crippen molar-refractivity contribution in [1.82, 2.24) is 4.57 Å². The fourth-order valence-electron chi connectivity index (χ4n) is 3.27. The first-order valence-corrected chi connectivity index (χ1v) is 9.29. The molecule has 0 bridgehead atoms. The van der Waals surface area contributed by atoms with E-state index < -0.39 is 23.2 Å². The maximum absolute atomic E-state index is 13.9. The Morgan fingerprint density at radius 3 is 2.47 bits per heavy atom. The fourth-order valence-corrected chi connectivity index (χ4v) is 3.27. The van der Waals surface area contributed by atoms with Crippen molar-refractivity contribution >= 4 is 22.8 Å². The van der Waals surface area contributed by atoms with Crippen molar-refractivity contribution in [2.45, 2.75) is 26.4 Å². The van der Waals surface area contributed by atoms with Gasteiger partial charge in [0.05, 0.1) is 10.9 Å². The maximum Gasteiger partial charge on any atom is 0.191 e. The minimum atomic E-state index is -1.18. The Hall–Kier alpha value is -3.20. The van der Waals surface area contributed by atoms with E-state index in [9.17, 15) is 23.4 Å². The zero-order chi connectivity index (χ0) is 22.0. The molecule has 0 unspecified atom stereocenters. The lowest BCUT2D eigenvalue weighted by Gasteiger charge is -2.10. The average Bonchev–Trinajstić information content (AvgIpc) is 2.93. The van der Waals surface area contributed by atoms with Crippen molar-refractivity contribution in [3.8, 4) is 17.2 Å². The summed E-state index contributed by atoms with van der Waals surface area (Å²) in [6.07, 6.45) is 2.90. The Balaban J connectivity index is 2.05. The lowest BCUT2D eigenvalue weighted by Crippen LogP contribution is -2.02. The molecule has 0 fully saturated rings. The van der Waals surface area contributed by atoms with E-state index in [2.05, 4.69) is 4.99 Å². The molecule has 2 aromatic carbocycles. The molecule has 9 heteroatoms. The molecule has 6 nitrogen and oxygen atoms in total. The van der Waals surface area contributed by atoms with Crippen molar-refractivity contribution in [3.63, 3.8) is 0 Å². The summed E-state index contributed by atoms with van der Waals surface area (Å²) in [6, 6.07) is 2.37. The first kappa shape index (κ1) is 21.5. The largest absolute Gasteiger partial charge is 0.506 e. The van der Waals surface area contributed by atoms with Gasteiger partial charge in [-0.05, 0) is 26.3 Å². The first-order chi connectivity index (χ1) is 14.3. The number of aromatic nitrogens is 1. The van der Waals surface area contributed by atoms with Gasteiger partial charge in [-0.3, -0.25) is 4.99 Å². The predicted octanol–water partition coefficient (Wildman–Crippen LogP) is 4.34. The summed E-state index contributed by atoms with van der Waals surface area (Å²) in [5.74, 6) is -4.46. The van der Waals surface area contributed by atoms with Gasteiger partial charge in [-0.1, -0.05) is 0 Å². The number of nitrogens with two attached hydrogens (primary N) is 1. The van der Waals surface area contributed by atoms with Gasteiger partial charge in [-0.15, -0.1) is 0 Å². The highest BCUT2D eigenvalue weighted by Gasteiger charge is 2.22. The molecule has 0 atom stereocenters. The first-order valence-electron chi connectivity index (χ1n) is 9.29. The van der Waals surface area contributed by atoms with E-state index in [1.807, 2.05) is 0 Å². The molecule has 0 saturated heterocycles. The van der Waals surface area contributed by atoms with Crippen molar-refractivity contribution in [3.05, 3.63) is 46.9 Å². The van der Waals surface area contributed by atoms with E-state index in [0.717, 1.165) is 6.42 Å². The van der Waals surface area contributed by atoms with Crippen LogP contribution >= 0.6 is 0 Å². The SMILES string of the molecule is Cc1c(COc2c(F)cc(F)cc2F)c2c(O)c(N=CCCCN)cc(O)c2n1C. The van der Waals surface area contributed by atoms with Gasteiger partial charge in [-0.25, -0.2) is 13.2 Å². The summed E-state index contributed by atoms with van der Waals surface area (Å²) in [5, 5.41) is 21.5. The molecular weight excluding hydrogens is 399 g/mol. The number of nitrogens with zero attached hydrogens (tertiary/aromatic N) is 2. The number of hydrogen-bond acceptors (Lipinski definition) is 5. The van der Waals surface area contributed by atoms with Crippen LogP contribution in [0.1, 0.15) is 24.1 Å². The lowest BCUT2D eigenvalue weighted by atomic mass is 10.1. The molecule has 0 aliphatic rings. The van der Waals surface area contributed by atoms with Crippen LogP contribution in [-0.2, 0) is 13.7 Å². The van der Waals surface area contributed by atoms with E-state index in [1.54, 1.807) is 24.8 Å². The molecule has 4 N–H and O–H groups in total. The smallest absolute Gasteiger partial charge is 0.191 e. The number of rotatable bonds is 7. The molecule has 1 heterocycles. The third-order valence-corrected chi connectivity index (χ3v) is 4.90. The predicted molar refractivity (Wildman–Crippen MR) is 108 cm³/mol. The third kappa shape index (κ3) is 3.93. The monoisotopic (exact) mass is 421 g/mol. The number of aryl methyl sites for hydroxylation is 1. The van der Waals surface area contributed by atoms with Gasteiger partial charge in [0.2, 0.25) is 0 Å². The fraction of sp³-hybridized carbons (Fsp3) is 0.286. The maximum atomic E-state index is 13.9. The van der Waals surface area contributed by atoms with Gasteiger partial charge in [-0.2, -0.15) is 0 Å². The van der Waals surface area contributed by atoms with Crippen molar-refractivity contribution in [2.75, 3.05) is 6.54 Å². The summed E-state index contributed by atoms with van der Waals surface area (Å²) < 4.78 is 47.9. The molecule has 0 aliphatic heterocycles. The topological polar surface area (TPSA) is 93.0 Å². The van der Waals surface area contributed by atoms with Crippen LogP contribution in [0.25, 0.3) is 10.9 Å². The molecule has 3 rings (SSSR count). The van der Waals surface area contributed by atoms with Crippen LogP contribution in [0.15, 0.2) is 23.2 Å². The Kier molecular flexibility index (Phi) is 6.21. The molecule has 0 aliphatic carbocycles. The molecule has 0 radical (unpaired) electrons. The Morgan fingerprint density at radius 2 is 1.83 bits per heavy atom. The van der Waals surface area contributed by atoms with Crippen LogP contribution in [0.2, 0.25) is 0 Å². The van der Waals surface area contributed by atoms with E-state index in [1.165, 1.54) is 6.07 Å². The number of benzene rings is 2. The summed E-state index contributed by atoms with van der Waals surface area (Å²) in [6.45, 7) is 1.88. The molecular formula is C21H22F3N3O3. The minimum Gasteiger partial charge on any atom is -0.506 e. The van der Waals surface area contributed by atoms with Crippen molar-refractivity contribution in [1.29, 1.82) is 0 Å². The Morgan fingerprint density at radius 1 is 1.17 bits per heavy atom. The quantitative estimate of drug-likeness (QED) is 0.301. The molecule has 3 aromatic rings. The van der Waals surface area contributed by atoms with Gasteiger partial charge in [0, 0.05) is 42.7 Å². The van der Waals surface area contributed by atoms with Crippen LogP contribution in [0.4, 0.5) is 18.9 Å². The zero-order valence-electron chi connectivity index (χ0n) is 16.5. The average molecular weight is 421 g/mol. The molecule has 1 aromatic heterocycles. The summed E-state index contributed by atoms with van der Waals surface area (Å²) >= 11 is 0. The van der Waals surface area contributed by atoms with Crippen LogP contribution in [-0.4, -0.2) is 27.5 Å². The molecule has 0 spiro atoms. The highest BCUT2D eigenvalue weighted by Crippen LogP contribution is 2.44. The van der Waals surface area contributed by atoms with Gasteiger partial charge in [0.1, 0.15) is 23.9 Å². The van der Waals surface area contributed by atoms with Crippen LogP contribution in [0.3, 0.4) is 0 Å². The molecule has 30 heavy (non-hydrogen) atoms. The number of unbranched alkanes of at least 4 members (excludes halogenated alkanes) is 1. The highest BCUT2D eigenvalue weighted by atomic mass is 19.1. The van der Waals surface area contributed by atoms with Gasteiger partial charge in [0.15, 0.2) is 23.1 Å². The van der Waals surface area contributed by atoms with E-state index in [0.29, 0.717) is 41.9 Å². The number of aliphatic imine (C=N–C) groups is 1. The Labute approximate surface area is 171 Å². The van der Waals surface area contributed by atoms with Crippen molar-refractivity contribution in [2.24, 2.45) is 17.8 Å². The van der Waals surface area contributed by atoms with E-state index in [-0.39, 0.29) is 29.2 Å². The number of fused-ring (bicyclic) bond motifs is 1. The summed E-state index contributed by atoms with van der Waals surface area (Å²) in [4.78, 5) is 4.19. The number of phenolic OH excluding ortho intramolecular Hbond substituents is 2.